The van der Waals surface area contributed by atoms with Crippen molar-refractivity contribution >= 4 is 5.97 Å². The van der Waals surface area contributed by atoms with Crippen LogP contribution in [0.25, 0.3) is 0 Å². The third-order valence-corrected chi connectivity index (χ3v) is 3.80. The van der Waals surface area contributed by atoms with Gasteiger partial charge >= 0.3 is 5.97 Å². The number of carbonyl (C=O) groups excluding carboxylic acids is 1. The lowest BCUT2D eigenvalue weighted by Crippen LogP contribution is -2.52. The molecular formula is C16H19NO3. The molecule has 1 aliphatic carbocycles. The second-order valence-corrected chi connectivity index (χ2v) is 4.83. The van der Waals surface area contributed by atoms with Crippen molar-refractivity contribution in [3.8, 4) is 18.1 Å². The van der Waals surface area contributed by atoms with Gasteiger partial charge in [-0.3, -0.25) is 5.32 Å². The van der Waals surface area contributed by atoms with Crippen molar-refractivity contribution in [2.24, 2.45) is 0 Å². The van der Waals surface area contributed by atoms with E-state index >= 15 is 0 Å². The predicted molar refractivity (Wildman–Crippen MR) is 76.5 cm³/mol. The first-order valence-corrected chi connectivity index (χ1v) is 6.62. The number of ether oxygens (including phenoxy) is 2. The Morgan fingerprint density at radius 2 is 2.30 bits per heavy atom. The average Bonchev–Trinajstić information content (AvgIpc) is 2.51. The van der Waals surface area contributed by atoms with Crippen molar-refractivity contribution in [1.29, 1.82) is 0 Å². The molecule has 0 heterocycles. The molecule has 0 amide bonds. The van der Waals surface area contributed by atoms with Crippen LogP contribution in [0.1, 0.15) is 24.0 Å². The van der Waals surface area contributed by atoms with Gasteiger partial charge in [-0.15, -0.1) is 6.42 Å². The molecule has 1 aliphatic rings. The van der Waals surface area contributed by atoms with Gasteiger partial charge in [0.15, 0.2) is 0 Å². The maximum Gasteiger partial charge on any atom is 0.330 e. The molecule has 4 heteroatoms. The third-order valence-electron chi connectivity index (χ3n) is 3.80. The van der Waals surface area contributed by atoms with Gasteiger partial charge in [0.1, 0.15) is 11.3 Å². The molecule has 0 saturated carbocycles. The lowest BCUT2D eigenvalue weighted by atomic mass is 9.76. The Balaban J connectivity index is 2.54. The first-order valence-electron chi connectivity index (χ1n) is 6.62. The van der Waals surface area contributed by atoms with Crippen LogP contribution in [0.3, 0.4) is 0 Å². The van der Waals surface area contributed by atoms with E-state index in [0.29, 0.717) is 13.0 Å². The fraction of sp³-hybridized carbons (Fsp3) is 0.438. The molecular weight excluding hydrogens is 254 g/mol. The molecule has 0 aliphatic heterocycles. The lowest BCUT2D eigenvalue weighted by molar-refractivity contribution is -0.149. The highest BCUT2D eigenvalue weighted by molar-refractivity contribution is 5.83. The number of hydrogen-bond acceptors (Lipinski definition) is 4. The Kier molecular flexibility index (Phi) is 4.31. The smallest absolute Gasteiger partial charge is 0.330 e. The van der Waals surface area contributed by atoms with E-state index in [0.717, 1.165) is 29.7 Å². The lowest BCUT2D eigenvalue weighted by Gasteiger charge is -2.37. The van der Waals surface area contributed by atoms with E-state index in [1.54, 1.807) is 7.11 Å². The van der Waals surface area contributed by atoms with Crippen molar-refractivity contribution < 1.29 is 14.3 Å². The Morgan fingerprint density at radius 1 is 1.50 bits per heavy atom. The van der Waals surface area contributed by atoms with Gasteiger partial charge < -0.3 is 9.47 Å². The first-order chi connectivity index (χ1) is 9.67. The monoisotopic (exact) mass is 273 g/mol. The van der Waals surface area contributed by atoms with Crippen LogP contribution >= 0.6 is 0 Å². The molecule has 0 spiro atoms. The van der Waals surface area contributed by atoms with Crippen molar-refractivity contribution in [1.82, 2.24) is 5.32 Å². The number of hydrogen-bond donors (Lipinski definition) is 1. The summed E-state index contributed by atoms with van der Waals surface area (Å²) < 4.78 is 10.3. The summed E-state index contributed by atoms with van der Waals surface area (Å²) in [6.07, 6.45) is 7.85. The van der Waals surface area contributed by atoms with Gasteiger partial charge in [-0.1, -0.05) is 12.0 Å². The van der Waals surface area contributed by atoms with Crippen molar-refractivity contribution in [3.05, 3.63) is 29.3 Å². The summed E-state index contributed by atoms with van der Waals surface area (Å²) in [7, 11) is 3.01. The van der Waals surface area contributed by atoms with Gasteiger partial charge in [-0.25, -0.2) is 4.79 Å². The van der Waals surface area contributed by atoms with E-state index < -0.39 is 5.54 Å². The topological polar surface area (TPSA) is 47.6 Å². The van der Waals surface area contributed by atoms with E-state index in [-0.39, 0.29) is 5.97 Å². The molecule has 1 atom stereocenters. The summed E-state index contributed by atoms with van der Waals surface area (Å²) in [6, 6.07) is 5.81. The molecule has 4 nitrogen and oxygen atoms in total. The Hall–Kier alpha value is -1.99. The molecule has 2 rings (SSSR count). The largest absolute Gasteiger partial charge is 0.497 e. The summed E-state index contributed by atoms with van der Waals surface area (Å²) in [5.74, 6) is 2.95. The molecule has 0 aromatic heterocycles. The Morgan fingerprint density at radius 3 is 2.95 bits per heavy atom. The standard InChI is InChI=1S/C16H19NO3/c1-4-10-17-16(15(18)20-3)9-5-6-12-7-8-13(19-2)11-14(12)16/h1,7-8,11,17H,5-6,9-10H2,2-3H3. The number of carbonyl (C=O) groups is 1. The Labute approximate surface area is 119 Å². The summed E-state index contributed by atoms with van der Waals surface area (Å²) in [5.41, 5.74) is 1.17. The highest BCUT2D eigenvalue weighted by atomic mass is 16.5. The maximum atomic E-state index is 12.4. The van der Waals surface area contributed by atoms with E-state index in [1.165, 1.54) is 7.11 Å². The zero-order chi connectivity index (χ0) is 14.6. The SMILES string of the molecule is C#CCNC1(C(=O)OC)CCCc2ccc(OC)cc21. The summed E-state index contributed by atoms with van der Waals surface area (Å²) in [6.45, 7) is 0.311. The second kappa shape index (κ2) is 5.98. The highest BCUT2D eigenvalue weighted by Crippen LogP contribution is 2.38. The molecule has 0 radical (unpaired) electrons. The minimum Gasteiger partial charge on any atom is -0.497 e. The molecule has 1 aromatic rings. The minimum atomic E-state index is -0.872. The van der Waals surface area contributed by atoms with E-state index in [2.05, 4.69) is 11.2 Å². The number of terminal acetylenes is 1. The van der Waals surface area contributed by atoms with Gasteiger partial charge in [-0.05, 0) is 42.5 Å². The predicted octanol–water partition coefficient (Wildman–Crippen LogP) is 1.62. The van der Waals surface area contributed by atoms with E-state index in [9.17, 15) is 4.79 Å². The Bertz CT molecular complexity index is 547. The fourth-order valence-corrected chi connectivity index (χ4v) is 2.82. The zero-order valence-electron chi connectivity index (χ0n) is 11.9. The van der Waals surface area contributed by atoms with Gasteiger partial charge in [0.25, 0.3) is 0 Å². The van der Waals surface area contributed by atoms with Crippen molar-refractivity contribution in [2.75, 3.05) is 20.8 Å². The quantitative estimate of drug-likeness (QED) is 0.669. The van der Waals surface area contributed by atoms with Crippen LogP contribution < -0.4 is 10.1 Å². The van der Waals surface area contributed by atoms with Crippen LogP contribution in [0.2, 0.25) is 0 Å². The number of aryl methyl sites for hydroxylation is 1. The van der Waals surface area contributed by atoms with Crippen LogP contribution in [0.5, 0.6) is 5.75 Å². The van der Waals surface area contributed by atoms with Gasteiger partial charge in [0, 0.05) is 0 Å². The molecule has 20 heavy (non-hydrogen) atoms. The molecule has 1 unspecified atom stereocenters. The number of esters is 1. The van der Waals surface area contributed by atoms with Crippen LogP contribution in [0.4, 0.5) is 0 Å². The normalized spacial score (nSPS) is 20.6. The molecule has 0 saturated heterocycles. The molecule has 0 fully saturated rings. The van der Waals surface area contributed by atoms with Gasteiger partial charge in [0.2, 0.25) is 0 Å². The van der Waals surface area contributed by atoms with Crippen molar-refractivity contribution in [2.45, 2.75) is 24.8 Å². The number of fused-ring (bicyclic) bond motifs is 1. The summed E-state index contributed by atoms with van der Waals surface area (Å²) in [5, 5.41) is 3.18. The summed E-state index contributed by atoms with van der Waals surface area (Å²) in [4.78, 5) is 12.4. The number of rotatable bonds is 4. The maximum absolute atomic E-state index is 12.4. The van der Waals surface area contributed by atoms with Crippen molar-refractivity contribution in [3.63, 3.8) is 0 Å². The summed E-state index contributed by atoms with van der Waals surface area (Å²) >= 11 is 0. The number of nitrogens with one attached hydrogen (secondary N) is 1. The fourth-order valence-electron chi connectivity index (χ4n) is 2.82. The zero-order valence-corrected chi connectivity index (χ0v) is 11.9. The van der Waals surface area contributed by atoms with Gasteiger partial charge in [0.05, 0.1) is 20.8 Å². The van der Waals surface area contributed by atoms with Crippen LogP contribution in [0, 0.1) is 12.3 Å². The molecule has 106 valence electrons. The molecule has 1 aromatic carbocycles. The van der Waals surface area contributed by atoms with Crippen LogP contribution in [0.15, 0.2) is 18.2 Å². The minimum absolute atomic E-state index is 0.304. The van der Waals surface area contributed by atoms with E-state index in [4.69, 9.17) is 15.9 Å². The van der Waals surface area contributed by atoms with Gasteiger partial charge in [-0.2, -0.15) is 0 Å². The van der Waals surface area contributed by atoms with E-state index in [1.807, 2.05) is 18.2 Å². The molecule has 0 bridgehead atoms. The van der Waals surface area contributed by atoms with Crippen LogP contribution in [-0.4, -0.2) is 26.7 Å². The highest BCUT2D eigenvalue weighted by Gasteiger charge is 2.44. The number of methoxy groups -OCH3 is 2. The first kappa shape index (κ1) is 14.4. The third kappa shape index (κ3) is 2.37. The average molecular weight is 273 g/mol. The van der Waals surface area contributed by atoms with Crippen LogP contribution in [-0.2, 0) is 21.5 Å². The second-order valence-electron chi connectivity index (χ2n) is 4.83. The number of benzene rings is 1. The molecule has 1 N–H and O–H groups in total.